The molecule has 0 aromatic heterocycles. The van der Waals surface area contributed by atoms with Gasteiger partial charge in [0.05, 0.1) is 5.60 Å². The molecule has 0 bridgehead atoms. The maximum absolute atomic E-state index is 10.7. The van der Waals surface area contributed by atoms with Crippen LogP contribution in [-0.4, -0.2) is 22.4 Å². The van der Waals surface area contributed by atoms with Crippen LogP contribution in [0.25, 0.3) is 0 Å². The molecule has 1 saturated carbocycles. The second kappa shape index (κ2) is 5.31. The fraction of sp³-hybridized carbons (Fsp3) is 1.00. The fourth-order valence-corrected chi connectivity index (χ4v) is 3.22. The van der Waals surface area contributed by atoms with Crippen molar-refractivity contribution in [2.24, 2.45) is 17.8 Å². The van der Waals surface area contributed by atoms with Crippen molar-refractivity contribution >= 4 is 0 Å². The van der Waals surface area contributed by atoms with Crippen LogP contribution in [0, 0.1) is 17.8 Å². The van der Waals surface area contributed by atoms with Gasteiger partial charge in [0, 0.05) is 6.61 Å². The number of rotatable bonds is 4. The normalized spacial score (nSPS) is 37.2. The third kappa shape index (κ3) is 3.18. The van der Waals surface area contributed by atoms with Crippen LogP contribution >= 0.6 is 0 Å². The Morgan fingerprint density at radius 2 is 2.00 bits per heavy atom. The first-order chi connectivity index (χ1) is 6.99. The van der Waals surface area contributed by atoms with Gasteiger partial charge in [0.25, 0.3) is 0 Å². The molecule has 0 amide bonds. The zero-order chi connectivity index (χ0) is 11.5. The lowest BCUT2D eigenvalue weighted by Crippen LogP contribution is -2.45. The van der Waals surface area contributed by atoms with Gasteiger partial charge in [-0.05, 0) is 43.4 Å². The molecule has 1 fully saturated rings. The summed E-state index contributed by atoms with van der Waals surface area (Å²) in [4.78, 5) is 0. The fourth-order valence-electron chi connectivity index (χ4n) is 3.22. The van der Waals surface area contributed by atoms with Crippen molar-refractivity contribution < 1.29 is 10.2 Å². The summed E-state index contributed by atoms with van der Waals surface area (Å²) in [6, 6.07) is 0. The molecule has 90 valence electrons. The van der Waals surface area contributed by atoms with Crippen molar-refractivity contribution in [2.45, 2.75) is 58.5 Å². The lowest BCUT2D eigenvalue weighted by molar-refractivity contribution is -0.0885. The smallest absolute Gasteiger partial charge is 0.0681 e. The highest BCUT2D eigenvalue weighted by atomic mass is 16.3. The molecule has 0 aliphatic heterocycles. The van der Waals surface area contributed by atoms with Crippen molar-refractivity contribution in [1.82, 2.24) is 0 Å². The summed E-state index contributed by atoms with van der Waals surface area (Å²) in [7, 11) is 0. The summed E-state index contributed by atoms with van der Waals surface area (Å²) < 4.78 is 0. The van der Waals surface area contributed by atoms with Crippen molar-refractivity contribution in [3.05, 3.63) is 0 Å². The lowest BCUT2D eigenvalue weighted by Gasteiger charge is -2.45. The first kappa shape index (κ1) is 13.0. The van der Waals surface area contributed by atoms with Gasteiger partial charge in [-0.25, -0.2) is 0 Å². The molecule has 1 aliphatic carbocycles. The molecule has 1 rings (SSSR count). The molecule has 0 aromatic carbocycles. The highest BCUT2D eigenvalue weighted by Crippen LogP contribution is 2.43. The number of aliphatic hydroxyl groups is 2. The third-order valence-electron chi connectivity index (χ3n) is 3.94. The molecular formula is C13H26O2. The molecule has 3 atom stereocenters. The minimum Gasteiger partial charge on any atom is -0.396 e. The summed E-state index contributed by atoms with van der Waals surface area (Å²) in [5, 5.41) is 19.6. The molecule has 2 heteroatoms. The Morgan fingerprint density at radius 1 is 1.33 bits per heavy atom. The van der Waals surface area contributed by atoms with Gasteiger partial charge in [-0.1, -0.05) is 27.2 Å². The summed E-state index contributed by atoms with van der Waals surface area (Å²) >= 11 is 0. The molecular weight excluding hydrogens is 188 g/mol. The van der Waals surface area contributed by atoms with E-state index in [4.69, 9.17) is 5.11 Å². The van der Waals surface area contributed by atoms with Crippen LogP contribution in [0.4, 0.5) is 0 Å². The summed E-state index contributed by atoms with van der Waals surface area (Å²) in [6.07, 6.45) is 4.78. The second-order valence-electron chi connectivity index (χ2n) is 5.67. The van der Waals surface area contributed by atoms with Crippen molar-refractivity contribution in [3.8, 4) is 0 Å². The zero-order valence-electron chi connectivity index (χ0n) is 10.4. The molecule has 0 spiro atoms. The highest BCUT2D eigenvalue weighted by molar-refractivity contribution is 4.93. The number of hydrogen-bond donors (Lipinski definition) is 2. The van der Waals surface area contributed by atoms with E-state index in [9.17, 15) is 5.11 Å². The van der Waals surface area contributed by atoms with Gasteiger partial charge in [-0.15, -0.1) is 0 Å². The first-order valence-electron chi connectivity index (χ1n) is 6.33. The lowest BCUT2D eigenvalue weighted by atomic mass is 9.65. The minimum absolute atomic E-state index is 0.196. The Hall–Kier alpha value is -0.0800. The van der Waals surface area contributed by atoms with Crippen LogP contribution in [0.3, 0.4) is 0 Å². The predicted octanol–water partition coefficient (Wildman–Crippen LogP) is 2.58. The van der Waals surface area contributed by atoms with Crippen molar-refractivity contribution in [1.29, 1.82) is 0 Å². The average molecular weight is 214 g/mol. The van der Waals surface area contributed by atoms with Gasteiger partial charge < -0.3 is 10.2 Å². The second-order valence-corrected chi connectivity index (χ2v) is 5.67. The number of aliphatic hydroxyl groups excluding tert-OH is 1. The predicted molar refractivity (Wildman–Crippen MR) is 62.6 cm³/mol. The Bertz CT molecular complexity index is 191. The summed E-state index contributed by atoms with van der Waals surface area (Å²) in [5.41, 5.74) is -0.519. The van der Waals surface area contributed by atoms with Gasteiger partial charge in [0.2, 0.25) is 0 Å². The van der Waals surface area contributed by atoms with Crippen molar-refractivity contribution in [3.63, 3.8) is 0 Å². The van der Waals surface area contributed by atoms with E-state index in [-0.39, 0.29) is 6.61 Å². The zero-order valence-corrected chi connectivity index (χ0v) is 10.4. The van der Waals surface area contributed by atoms with Gasteiger partial charge in [0.1, 0.15) is 0 Å². The van der Waals surface area contributed by atoms with E-state index in [2.05, 4.69) is 20.8 Å². The molecule has 2 N–H and O–H groups in total. The van der Waals surface area contributed by atoms with E-state index in [0.717, 1.165) is 25.7 Å². The first-order valence-corrected chi connectivity index (χ1v) is 6.33. The average Bonchev–Trinajstić information content (AvgIpc) is 2.14. The van der Waals surface area contributed by atoms with Crippen LogP contribution in [0.1, 0.15) is 52.9 Å². The third-order valence-corrected chi connectivity index (χ3v) is 3.94. The van der Waals surface area contributed by atoms with Crippen LogP contribution < -0.4 is 0 Å². The van der Waals surface area contributed by atoms with E-state index >= 15 is 0 Å². The molecule has 0 aromatic rings. The van der Waals surface area contributed by atoms with Crippen LogP contribution in [0.15, 0.2) is 0 Å². The quantitative estimate of drug-likeness (QED) is 0.755. The minimum atomic E-state index is -0.519. The van der Waals surface area contributed by atoms with Crippen LogP contribution in [-0.2, 0) is 0 Å². The van der Waals surface area contributed by atoms with Crippen LogP contribution in [0.2, 0.25) is 0 Å². The topological polar surface area (TPSA) is 40.5 Å². The van der Waals surface area contributed by atoms with Crippen LogP contribution in [0.5, 0.6) is 0 Å². The Labute approximate surface area is 93.7 Å². The Kier molecular flexibility index (Phi) is 4.60. The molecule has 0 saturated heterocycles. The van der Waals surface area contributed by atoms with Crippen molar-refractivity contribution in [2.75, 3.05) is 6.61 Å². The van der Waals surface area contributed by atoms with Gasteiger partial charge >= 0.3 is 0 Å². The van der Waals surface area contributed by atoms with Gasteiger partial charge in [-0.2, -0.15) is 0 Å². The van der Waals surface area contributed by atoms with E-state index in [0.29, 0.717) is 17.8 Å². The van der Waals surface area contributed by atoms with E-state index < -0.39 is 5.60 Å². The van der Waals surface area contributed by atoms with E-state index in [1.165, 1.54) is 6.42 Å². The van der Waals surface area contributed by atoms with E-state index in [1.807, 2.05) is 0 Å². The summed E-state index contributed by atoms with van der Waals surface area (Å²) in [6.45, 7) is 6.82. The number of hydrogen-bond acceptors (Lipinski definition) is 2. The van der Waals surface area contributed by atoms with Gasteiger partial charge in [-0.3, -0.25) is 0 Å². The molecule has 0 radical (unpaired) electrons. The Balaban J connectivity index is 2.67. The highest BCUT2D eigenvalue weighted by Gasteiger charge is 2.41. The maximum Gasteiger partial charge on any atom is 0.0681 e. The SMILES string of the molecule is CC(C)[C@@H]1CC[C@@H](C)C[C@@]1(O)CCCO. The van der Waals surface area contributed by atoms with E-state index in [1.54, 1.807) is 0 Å². The monoisotopic (exact) mass is 214 g/mol. The maximum atomic E-state index is 10.7. The summed E-state index contributed by atoms with van der Waals surface area (Å²) in [5.74, 6) is 1.59. The molecule has 15 heavy (non-hydrogen) atoms. The molecule has 2 nitrogen and oxygen atoms in total. The molecule has 0 heterocycles. The molecule has 0 unspecified atom stereocenters. The standard InChI is InChI=1S/C13H26O2/c1-10(2)12-6-5-11(3)9-13(12,15)7-4-8-14/h10-12,14-15H,4-9H2,1-3H3/t11-,12+,13+/m1/s1. The molecule has 1 aliphatic rings. The van der Waals surface area contributed by atoms with Gasteiger partial charge in [0.15, 0.2) is 0 Å². The largest absolute Gasteiger partial charge is 0.396 e. The Morgan fingerprint density at radius 3 is 2.53 bits per heavy atom.